The van der Waals surface area contributed by atoms with Gasteiger partial charge in [-0.15, -0.1) is 0 Å². The van der Waals surface area contributed by atoms with Crippen molar-refractivity contribution in [2.24, 2.45) is 5.73 Å². The van der Waals surface area contributed by atoms with Crippen molar-refractivity contribution in [2.45, 2.75) is 6.54 Å². The highest BCUT2D eigenvalue weighted by atomic mass is 19.1. The molecule has 10 heteroatoms. The van der Waals surface area contributed by atoms with E-state index in [0.29, 0.717) is 29.1 Å². The van der Waals surface area contributed by atoms with E-state index in [9.17, 15) is 9.18 Å². The van der Waals surface area contributed by atoms with E-state index in [0.717, 1.165) is 55.2 Å². The largest absolute Gasteiger partial charge is 0.436 e. The Bertz CT molecular complexity index is 1600. The molecule has 208 valence electrons. The average Bonchev–Trinajstić information content (AvgIpc) is 2.99. The van der Waals surface area contributed by atoms with Crippen molar-refractivity contribution in [2.75, 3.05) is 43.5 Å². The maximum absolute atomic E-state index is 13.9. The summed E-state index contributed by atoms with van der Waals surface area (Å²) in [5, 5.41) is 6.16. The molecule has 2 aromatic heterocycles. The van der Waals surface area contributed by atoms with Crippen molar-refractivity contribution in [3.05, 3.63) is 102 Å². The van der Waals surface area contributed by atoms with Crippen LogP contribution in [0.4, 0.5) is 15.8 Å². The van der Waals surface area contributed by atoms with E-state index < -0.39 is 5.82 Å². The number of para-hydroxylation sites is 1. The van der Waals surface area contributed by atoms with Crippen LogP contribution in [0.15, 0.2) is 85.0 Å². The number of nitrogens with two attached hydrogens (primary N) is 1. The van der Waals surface area contributed by atoms with E-state index in [-0.39, 0.29) is 17.5 Å². The second-order valence-electron chi connectivity index (χ2n) is 9.86. The number of hydrogen-bond donors (Lipinski definition) is 3. The first-order chi connectivity index (χ1) is 20.0. The van der Waals surface area contributed by atoms with Gasteiger partial charge in [-0.1, -0.05) is 18.2 Å². The fourth-order valence-corrected chi connectivity index (χ4v) is 4.90. The van der Waals surface area contributed by atoms with Crippen LogP contribution in [-0.4, -0.2) is 53.6 Å². The molecule has 2 aliphatic rings. The summed E-state index contributed by atoms with van der Waals surface area (Å²) in [6.45, 7) is 4.42. The van der Waals surface area contributed by atoms with Crippen molar-refractivity contribution < 1.29 is 18.7 Å². The van der Waals surface area contributed by atoms with Gasteiger partial charge in [-0.05, 0) is 47.5 Å². The molecule has 4 N–H and O–H groups in total. The van der Waals surface area contributed by atoms with Crippen molar-refractivity contribution in [1.29, 1.82) is 0 Å². The van der Waals surface area contributed by atoms with Crippen molar-refractivity contribution in [3.8, 4) is 22.8 Å². The number of fused-ring (bicyclic) bond motifs is 1. The molecular formula is C31H29FN6O3. The number of amides is 1. The van der Waals surface area contributed by atoms with Gasteiger partial charge in [0.1, 0.15) is 0 Å². The second-order valence-corrected chi connectivity index (χ2v) is 9.86. The molecule has 0 saturated carbocycles. The molecule has 9 nitrogen and oxygen atoms in total. The Morgan fingerprint density at radius 1 is 1.05 bits per heavy atom. The Labute approximate surface area is 236 Å². The van der Waals surface area contributed by atoms with E-state index in [1.807, 2.05) is 30.6 Å². The predicted octanol–water partition coefficient (Wildman–Crippen LogP) is 4.64. The molecule has 4 heterocycles. The number of pyridine rings is 2. The quantitative estimate of drug-likeness (QED) is 0.304. The Morgan fingerprint density at radius 2 is 1.90 bits per heavy atom. The zero-order valence-corrected chi connectivity index (χ0v) is 22.3. The van der Waals surface area contributed by atoms with Crippen LogP contribution >= 0.6 is 0 Å². The Hall–Kier alpha value is -4.80. The number of halogens is 1. The van der Waals surface area contributed by atoms with E-state index in [4.69, 9.17) is 15.2 Å². The molecule has 0 bridgehead atoms. The summed E-state index contributed by atoms with van der Waals surface area (Å²) in [7, 11) is 0. The van der Waals surface area contributed by atoms with Gasteiger partial charge in [-0.25, -0.2) is 9.37 Å². The molecule has 0 aliphatic carbocycles. The lowest BCUT2D eigenvalue weighted by molar-refractivity contribution is -0.111. The van der Waals surface area contributed by atoms with Crippen LogP contribution in [0.25, 0.3) is 16.7 Å². The highest BCUT2D eigenvalue weighted by Gasteiger charge is 2.24. The van der Waals surface area contributed by atoms with Crippen molar-refractivity contribution in [1.82, 2.24) is 14.9 Å². The lowest BCUT2D eigenvalue weighted by Gasteiger charge is -2.26. The van der Waals surface area contributed by atoms with Gasteiger partial charge in [0.15, 0.2) is 11.6 Å². The number of anilines is 2. The standard InChI is InChI=1S/C31H29FN6O3/c32-25-3-1-2-4-28(25)41-29-8-6-23(17-36-29)37-31(39)30-24-14-21(5-7-27(24)35-18-26(30)33)22-13-20(15-34-16-22)19-38-9-11-40-12-10-38/h1-8,13-17,35H,9-12,18-19,33H2,(H,37,39). The first-order valence-electron chi connectivity index (χ1n) is 13.3. The summed E-state index contributed by atoms with van der Waals surface area (Å²) in [6, 6.07) is 17.3. The van der Waals surface area contributed by atoms with Crippen LogP contribution in [0.5, 0.6) is 11.6 Å². The highest BCUT2D eigenvalue weighted by Crippen LogP contribution is 2.34. The number of carbonyl (C=O) groups is 1. The maximum Gasteiger partial charge on any atom is 0.258 e. The summed E-state index contributed by atoms with van der Waals surface area (Å²) in [4.78, 5) is 24.5. The highest BCUT2D eigenvalue weighted by molar-refractivity contribution is 6.27. The number of benzene rings is 2. The molecule has 6 rings (SSSR count). The fourth-order valence-electron chi connectivity index (χ4n) is 4.90. The van der Waals surface area contributed by atoms with Crippen molar-refractivity contribution in [3.63, 3.8) is 0 Å². The predicted molar refractivity (Wildman–Crippen MR) is 155 cm³/mol. The molecule has 41 heavy (non-hydrogen) atoms. The number of morpholine rings is 1. The number of nitrogens with zero attached hydrogens (tertiary/aromatic N) is 3. The molecule has 0 radical (unpaired) electrons. The number of aromatic nitrogens is 2. The summed E-state index contributed by atoms with van der Waals surface area (Å²) in [5.41, 5.74) is 12.1. The van der Waals surface area contributed by atoms with Gasteiger partial charge in [-0.2, -0.15) is 0 Å². The summed E-state index contributed by atoms with van der Waals surface area (Å²) in [6.07, 6.45) is 5.16. The zero-order chi connectivity index (χ0) is 28.2. The Kier molecular flexibility index (Phi) is 7.57. The molecule has 1 saturated heterocycles. The lowest BCUT2D eigenvalue weighted by atomic mass is 9.93. The van der Waals surface area contributed by atoms with E-state index in [1.54, 1.807) is 24.3 Å². The number of rotatable bonds is 7. The molecule has 2 aromatic carbocycles. The number of hydrogen-bond acceptors (Lipinski definition) is 8. The normalized spacial score (nSPS) is 15.1. The first kappa shape index (κ1) is 26.4. The van der Waals surface area contributed by atoms with Crippen LogP contribution in [0, 0.1) is 5.82 Å². The van der Waals surface area contributed by atoms with Gasteiger partial charge in [0.2, 0.25) is 5.88 Å². The van der Waals surface area contributed by atoms with Crippen molar-refractivity contribution >= 4 is 22.9 Å². The summed E-state index contributed by atoms with van der Waals surface area (Å²) in [5.74, 6) is -0.574. The number of ether oxygens (including phenoxy) is 2. The van der Waals surface area contributed by atoms with Crippen LogP contribution in [0.1, 0.15) is 11.1 Å². The minimum atomic E-state index is -0.488. The molecule has 1 amide bonds. The monoisotopic (exact) mass is 552 g/mol. The minimum Gasteiger partial charge on any atom is -0.436 e. The molecule has 0 spiro atoms. The fraction of sp³-hybridized carbons (Fsp3) is 0.194. The SMILES string of the molecule is NC1=C(C(=O)Nc2ccc(Oc3ccccc3F)nc2)c2cc(-c3cncc(CN4CCOCC4)c3)ccc2NC1. The minimum absolute atomic E-state index is 0.0682. The van der Waals surface area contributed by atoms with Gasteiger partial charge in [0.25, 0.3) is 5.91 Å². The molecule has 0 atom stereocenters. The van der Waals surface area contributed by atoms with Gasteiger partial charge in [0, 0.05) is 60.6 Å². The molecular weight excluding hydrogens is 523 g/mol. The molecule has 0 unspecified atom stereocenters. The molecule has 4 aromatic rings. The smallest absolute Gasteiger partial charge is 0.258 e. The summed E-state index contributed by atoms with van der Waals surface area (Å²) >= 11 is 0. The van der Waals surface area contributed by atoms with E-state index >= 15 is 0 Å². The lowest BCUT2D eigenvalue weighted by Crippen LogP contribution is -2.35. The topological polar surface area (TPSA) is 115 Å². The summed E-state index contributed by atoms with van der Waals surface area (Å²) < 4.78 is 24.9. The Balaban J connectivity index is 1.20. The van der Waals surface area contributed by atoms with Gasteiger partial charge >= 0.3 is 0 Å². The third-order valence-corrected chi connectivity index (χ3v) is 6.99. The van der Waals surface area contributed by atoms with E-state index in [1.165, 1.54) is 18.3 Å². The van der Waals surface area contributed by atoms with Gasteiger partial charge < -0.3 is 25.8 Å². The Morgan fingerprint density at radius 3 is 2.71 bits per heavy atom. The van der Waals surface area contributed by atoms with Crippen LogP contribution in [-0.2, 0) is 16.1 Å². The maximum atomic E-state index is 13.9. The van der Waals surface area contributed by atoms with Crippen LogP contribution in [0.3, 0.4) is 0 Å². The molecule has 1 fully saturated rings. The molecule has 2 aliphatic heterocycles. The third kappa shape index (κ3) is 6.03. The van der Waals surface area contributed by atoms with E-state index in [2.05, 4.69) is 31.6 Å². The van der Waals surface area contributed by atoms with Gasteiger partial charge in [-0.3, -0.25) is 14.7 Å². The number of carbonyl (C=O) groups excluding carboxylic acids is 1. The van der Waals surface area contributed by atoms with Gasteiger partial charge in [0.05, 0.1) is 37.2 Å². The number of nitrogens with one attached hydrogen (secondary N) is 2. The second kappa shape index (κ2) is 11.7. The third-order valence-electron chi connectivity index (χ3n) is 6.99. The zero-order valence-electron chi connectivity index (χ0n) is 22.3. The van der Waals surface area contributed by atoms with Crippen LogP contribution in [0.2, 0.25) is 0 Å². The average molecular weight is 553 g/mol. The van der Waals surface area contributed by atoms with Crippen LogP contribution < -0.4 is 21.1 Å². The first-order valence-corrected chi connectivity index (χ1v) is 13.3.